The van der Waals surface area contributed by atoms with E-state index in [2.05, 4.69) is 30.9 Å². The maximum absolute atomic E-state index is 13.2. The van der Waals surface area contributed by atoms with E-state index in [4.69, 9.17) is 5.73 Å². The summed E-state index contributed by atoms with van der Waals surface area (Å²) in [6, 6.07) is 9.25. The van der Waals surface area contributed by atoms with Crippen LogP contribution in [0.1, 0.15) is 66.4 Å². The fraction of sp³-hybridized carbons (Fsp3) is 0.440. The van der Waals surface area contributed by atoms with Gasteiger partial charge in [0.1, 0.15) is 11.5 Å². The molecule has 3 aromatic rings. The van der Waals surface area contributed by atoms with Crippen molar-refractivity contribution in [3.63, 3.8) is 0 Å². The minimum absolute atomic E-state index is 0.00866. The Morgan fingerprint density at radius 1 is 1.09 bits per heavy atom. The summed E-state index contributed by atoms with van der Waals surface area (Å²) in [4.78, 5) is 32.3. The standard InChI is InChI=1S/C25H29N5O2/c1-24(2,3)30-15-18-13-25(14-20(31)22(18)28-30)8-10-29(11-9-25)23(32)17-5-4-16-6-7-21(26)27-19(16)12-17/h4-7,12,15H,8-11,13-14H2,1-3H3,(H2,26,27). The van der Waals surface area contributed by atoms with Crippen molar-refractivity contribution in [2.75, 3.05) is 18.8 Å². The number of benzene rings is 1. The molecule has 0 radical (unpaired) electrons. The second-order valence-electron chi connectivity index (χ2n) is 10.3. The Kier molecular flexibility index (Phi) is 4.62. The summed E-state index contributed by atoms with van der Waals surface area (Å²) in [7, 11) is 0. The SMILES string of the molecule is CC(C)(C)n1cc2c(n1)C(=O)CC1(CCN(C(=O)c3ccc4ccc(N)nc4c3)CC1)C2. The van der Waals surface area contributed by atoms with Crippen LogP contribution < -0.4 is 5.73 Å². The molecule has 0 saturated carbocycles. The Bertz CT molecular complexity index is 1230. The fourth-order valence-electron chi connectivity index (χ4n) is 4.99. The van der Waals surface area contributed by atoms with E-state index >= 15 is 0 Å². The van der Waals surface area contributed by atoms with E-state index in [0.29, 0.717) is 36.6 Å². The van der Waals surface area contributed by atoms with Crippen LogP contribution in [-0.4, -0.2) is 44.4 Å². The highest BCUT2D eigenvalue weighted by atomic mass is 16.2. The van der Waals surface area contributed by atoms with Gasteiger partial charge in [-0.25, -0.2) is 4.98 Å². The molecule has 1 fully saturated rings. The number of carbonyl (C=O) groups excluding carboxylic acids is 2. The Morgan fingerprint density at radius 2 is 1.81 bits per heavy atom. The number of Topliss-reactive ketones (excluding diaryl/α,β-unsaturated/α-hetero) is 1. The molecule has 2 aliphatic rings. The van der Waals surface area contributed by atoms with Gasteiger partial charge in [-0.3, -0.25) is 14.3 Å². The predicted octanol–water partition coefficient (Wildman–Crippen LogP) is 3.82. The largest absolute Gasteiger partial charge is 0.384 e. The number of rotatable bonds is 1. The van der Waals surface area contributed by atoms with Crippen LogP contribution in [0.25, 0.3) is 10.9 Å². The average molecular weight is 432 g/mol. The molecule has 7 nitrogen and oxygen atoms in total. The van der Waals surface area contributed by atoms with Crippen molar-refractivity contribution in [3.05, 3.63) is 53.3 Å². The lowest BCUT2D eigenvalue weighted by molar-refractivity contribution is 0.0520. The highest BCUT2D eigenvalue weighted by Gasteiger charge is 2.43. The molecule has 0 atom stereocenters. The third-order valence-electron chi connectivity index (χ3n) is 6.91. The molecule has 0 bridgehead atoms. The van der Waals surface area contributed by atoms with Crippen LogP contribution in [0.4, 0.5) is 5.82 Å². The van der Waals surface area contributed by atoms with E-state index in [-0.39, 0.29) is 22.6 Å². The van der Waals surface area contributed by atoms with Gasteiger partial charge < -0.3 is 10.6 Å². The normalized spacial score (nSPS) is 18.2. The summed E-state index contributed by atoms with van der Waals surface area (Å²) in [5, 5.41) is 5.54. The predicted molar refractivity (Wildman–Crippen MR) is 124 cm³/mol. The molecule has 1 spiro atoms. The second-order valence-corrected chi connectivity index (χ2v) is 10.3. The first kappa shape index (κ1) is 20.7. The number of nitrogen functional groups attached to an aromatic ring is 1. The topological polar surface area (TPSA) is 94.1 Å². The summed E-state index contributed by atoms with van der Waals surface area (Å²) in [6.07, 6.45) is 5.06. The molecule has 1 aliphatic carbocycles. The maximum Gasteiger partial charge on any atom is 0.253 e. The van der Waals surface area contributed by atoms with Crippen molar-refractivity contribution in [2.45, 2.75) is 52.0 Å². The number of ketones is 1. The highest BCUT2D eigenvalue weighted by Crippen LogP contribution is 2.43. The third kappa shape index (κ3) is 3.55. The summed E-state index contributed by atoms with van der Waals surface area (Å²) in [5.74, 6) is 0.583. The smallest absolute Gasteiger partial charge is 0.253 e. The summed E-state index contributed by atoms with van der Waals surface area (Å²) < 4.78 is 1.91. The molecule has 166 valence electrons. The van der Waals surface area contributed by atoms with Gasteiger partial charge in [0.25, 0.3) is 5.91 Å². The van der Waals surface area contributed by atoms with Crippen LogP contribution in [0.15, 0.2) is 36.5 Å². The van der Waals surface area contributed by atoms with Gasteiger partial charge in [0.2, 0.25) is 0 Å². The van der Waals surface area contributed by atoms with Gasteiger partial charge >= 0.3 is 0 Å². The van der Waals surface area contributed by atoms with Crippen LogP contribution in [0.5, 0.6) is 0 Å². The minimum Gasteiger partial charge on any atom is -0.384 e. The van der Waals surface area contributed by atoms with Crippen molar-refractivity contribution in [1.82, 2.24) is 19.7 Å². The second kappa shape index (κ2) is 7.15. The Labute approximate surface area is 187 Å². The number of piperidine rings is 1. The summed E-state index contributed by atoms with van der Waals surface area (Å²) in [6.45, 7) is 7.57. The highest BCUT2D eigenvalue weighted by molar-refractivity contribution is 5.98. The molecule has 1 saturated heterocycles. The molecule has 1 aromatic carbocycles. The first-order valence-electron chi connectivity index (χ1n) is 11.2. The minimum atomic E-state index is -0.153. The van der Waals surface area contributed by atoms with Crippen LogP contribution in [-0.2, 0) is 12.0 Å². The van der Waals surface area contributed by atoms with E-state index in [1.165, 1.54) is 0 Å². The molecule has 1 amide bonds. The van der Waals surface area contributed by atoms with E-state index < -0.39 is 0 Å². The Hall–Kier alpha value is -3.22. The average Bonchev–Trinajstić information content (AvgIpc) is 3.18. The van der Waals surface area contributed by atoms with Gasteiger partial charge in [0, 0.05) is 42.2 Å². The van der Waals surface area contributed by atoms with Crippen molar-refractivity contribution in [2.24, 2.45) is 5.41 Å². The van der Waals surface area contributed by atoms with Crippen LogP contribution in [0, 0.1) is 5.41 Å². The summed E-state index contributed by atoms with van der Waals surface area (Å²) in [5.41, 5.74) is 8.61. The van der Waals surface area contributed by atoms with Crippen LogP contribution in [0.2, 0.25) is 0 Å². The first-order chi connectivity index (χ1) is 15.1. The third-order valence-corrected chi connectivity index (χ3v) is 6.91. The molecular formula is C25H29N5O2. The number of likely N-dealkylation sites (tertiary alicyclic amines) is 1. The van der Waals surface area contributed by atoms with Gasteiger partial charge in [-0.2, -0.15) is 5.10 Å². The fourth-order valence-corrected chi connectivity index (χ4v) is 4.99. The van der Waals surface area contributed by atoms with Crippen molar-refractivity contribution < 1.29 is 9.59 Å². The number of hydrogen-bond acceptors (Lipinski definition) is 5. The van der Waals surface area contributed by atoms with Gasteiger partial charge in [-0.1, -0.05) is 6.07 Å². The number of aromatic nitrogens is 3. The van der Waals surface area contributed by atoms with E-state index in [0.717, 1.165) is 35.7 Å². The van der Waals surface area contributed by atoms with E-state index in [9.17, 15) is 9.59 Å². The molecule has 2 N–H and O–H groups in total. The van der Waals surface area contributed by atoms with Crippen molar-refractivity contribution >= 4 is 28.4 Å². The number of fused-ring (bicyclic) bond motifs is 2. The summed E-state index contributed by atoms with van der Waals surface area (Å²) >= 11 is 0. The molecule has 5 rings (SSSR count). The maximum atomic E-state index is 13.2. The van der Waals surface area contributed by atoms with Gasteiger partial charge in [-0.05, 0) is 69.7 Å². The molecule has 1 aliphatic heterocycles. The van der Waals surface area contributed by atoms with Crippen LogP contribution >= 0.6 is 0 Å². The lowest BCUT2D eigenvalue weighted by atomic mass is 9.67. The lowest BCUT2D eigenvalue weighted by Gasteiger charge is -2.43. The molecule has 3 heterocycles. The molecule has 2 aromatic heterocycles. The quantitative estimate of drug-likeness (QED) is 0.632. The van der Waals surface area contributed by atoms with Crippen LogP contribution in [0.3, 0.4) is 0 Å². The first-order valence-corrected chi connectivity index (χ1v) is 11.2. The van der Waals surface area contributed by atoms with Gasteiger partial charge in [-0.15, -0.1) is 0 Å². The number of pyridine rings is 1. The molecule has 0 unspecified atom stereocenters. The lowest BCUT2D eigenvalue weighted by Crippen LogP contribution is -2.46. The van der Waals surface area contributed by atoms with Crippen molar-refractivity contribution in [3.8, 4) is 0 Å². The van der Waals surface area contributed by atoms with E-state index in [1.807, 2.05) is 40.0 Å². The van der Waals surface area contributed by atoms with Gasteiger partial charge in [0.05, 0.1) is 11.1 Å². The number of amides is 1. The number of anilines is 1. The van der Waals surface area contributed by atoms with Crippen molar-refractivity contribution in [1.29, 1.82) is 0 Å². The zero-order valence-corrected chi connectivity index (χ0v) is 18.9. The monoisotopic (exact) mass is 431 g/mol. The number of carbonyl (C=O) groups is 2. The number of nitrogens with zero attached hydrogens (tertiary/aromatic N) is 4. The number of nitrogens with two attached hydrogens (primary N) is 1. The van der Waals surface area contributed by atoms with Gasteiger partial charge in [0.15, 0.2) is 5.78 Å². The molecular weight excluding hydrogens is 402 g/mol. The number of hydrogen-bond donors (Lipinski definition) is 1. The van der Waals surface area contributed by atoms with E-state index in [1.54, 1.807) is 6.07 Å². The Balaban J connectivity index is 1.32. The zero-order chi connectivity index (χ0) is 22.7. The molecule has 32 heavy (non-hydrogen) atoms. The Morgan fingerprint density at radius 3 is 2.53 bits per heavy atom. The zero-order valence-electron chi connectivity index (χ0n) is 18.9. The molecule has 7 heteroatoms.